The second-order valence-electron chi connectivity index (χ2n) is 12.6. The Bertz CT molecular complexity index is 1920. The van der Waals surface area contributed by atoms with Gasteiger partial charge in [-0.05, 0) is 74.6 Å². The number of carbonyl (C=O) groups excluding carboxylic acids is 1. The SMILES string of the molecule is [C-]#[N+]c1cc(F)c(C[C@H]2CCC[C@@H](CC(=O)N3CC[C@H](C)C3)C2)nc1-c1cn(S(=O)(=O)c2ccc(C)cc2)c2ncc(F)cc12. The summed E-state index contributed by atoms with van der Waals surface area (Å²) in [7, 11) is -4.15. The van der Waals surface area contributed by atoms with Crippen LogP contribution >= 0.6 is 0 Å². The molecule has 8 nitrogen and oxygen atoms in total. The lowest BCUT2D eigenvalue weighted by Crippen LogP contribution is -2.31. The smallest absolute Gasteiger partial charge is 0.269 e. The third-order valence-electron chi connectivity index (χ3n) is 9.17. The van der Waals surface area contributed by atoms with E-state index in [1.807, 2.05) is 11.8 Å². The van der Waals surface area contributed by atoms with Gasteiger partial charge in [-0.25, -0.2) is 31.0 Å². The highest BCUT2D eigenvalue weighted by Crippen LogP contribution is 2.39. The number of nitrogens with zero attached hydrogens (tertiary/aromatic N) is 5. The van der Waals surface area contributed by atoms with Crippen LogP contribution in [0.3, 0.4) is 0 Å². The Hall–Kier alpha value is -4.17. The Balaban J connectivity index is 1.33. The summed E-state index contributed by atoms with van der Waals surface area (Å²) in [5.41, 5.74) is 1.15. The first-order valence-corrected chi connectivity index (χ1v) is 16.8. The topological polar surface area (TPSA) is 89.5 Å². The van der Waals surface area contributed by atoms with Crippen molar-refractivity contribution in [3.63, 3.8) is 0 Å². The van der Waals surface area contributed by atoms with Crippen LogP contribution in [0, 0.1) is 42.9 Å². The zero-order valence-electron chi connectivity index (χ0n) is 25.3. The van der Waals surface area contributed by atoms with Crippen LogP contribution in [-0.4, -0.2) is 46.3 Å². The molecule has 1 aromatic carbocycles. The molecule has 2 fully saturated rings. The first kappa shape index (κ1) is 30.8. The number of rotatable bonds is 7. The monoisotopic (exact) mass is 631 g/mol. The predicted molar refractivity (Wildman–Crippen MR) is 167 cm³/mol. The molecule has 1 aliphatic heterocycles. The maximum atomic E-state index is 15.4. The highest BCUT2D eigenvalue weighted by atomic mass is 32.2. The summed E-state index contributed by atoms with van der Waals surface area (Å²) >= 11 is 0. The molecule has 1 aliphatic carbocycles. The van der Waals surface area contributed by atoms with Crippen molar-refractivity contribution in [1.82, 2.24) is 18.8 Å². The zero-order valence-corrected chi connectivity index (χ0v) is 26.2. The van der Waals surface area contributed by atoms with Gasteiger partial charge in [0.2, 0.25) is 11.6 Å². The normalized spacial score (nSPS) is 20.4. The van der Waals surface area contributed by atoms with E-state index in [2.05, 4.69) is 21.7 Å². The van der Waals surface area contributed by atoms with Crippen LogP contribution in [0.15, 0.2) is 53.7 Å². The van der Waals surface area contributed by atoms with Crippen LogP contribution in [0.25, 0.3) is 27.1 Å². The van der Waals surface area contributed by atoms with E-state index in [4.69, 9.17) is 6.57 Å². The number of fused-ring (bicyclic) bond motifs is 1. The molecule has 3 aromatic heterocycles. The third kappa shape index (κ3) is 6.21. The van der Waals surface area contributed by atoms with Crippen molar-refractivity contribution in [3.05, 3.63) is 83.1 Å². The Morgan fingerprint density at radius 1 is 1.11 bits per heavy atom. The molecule has 45 heavy (non-hydrogen) atoms. The number of hydrogen-bond donors (Lipinski definition) is 0. The summed E-state index contributed by atoms with van der Waals surface area (Å²) in [6.07, 6.45) is 7.60. The minimum atomic E-state index is -4.15. The highest BCUT2D eigenvalue weighted by molar-refractivity contribution is 7.90. The zero-order chi connectivity index (χ0) is 31.9. The average Bonchev–Trinajstić information content (AvgIpc) is 3.62. The predicted octanol–water partition coefficient (Wildman–Crippen LogP) is 7.08. The van der Waals surface area contributed by atoms with Crippen molar-refractivity contribution in [2.24, 2.45) is 17.8 Å². The van der Waals surface area contributed by atoms with E-state index >= 15 is 4.39 Å². The minimum Gasteiger partial charge on any atom is -0.342 e. The summed E-state index contributed by atoms with van der Waals surface area (Å²) in [6, 6.07) is 8.59. The first-order chi connectivity index (χ1) is 21.5. The van der Waals surface area contributed by atoms with Crippen molar-refractivity contribution in [1.29, 1.82) is 0 Å². The maximum absolute atomic E-state index is 15.4. The fourth-order valence-electron chi connectivity index (χ4n) is 6.78. The van der Waals surface area contributed by atoms with Gasteiger partial charge in [-0.2, -0.15) is 0 Å². The van der Waals surface area contributed by atoms with Gasteiger partial charge in [0.1, 0.15) is 11.6 Å². The first-order valence-electron chi connectivity index (χ1n) is 15.4. The number of pyridine rings is 2. The second-order valence-corrected chi connectivity index (χ2v) is 14.4. The third-order valence-corrected chi connectivity index (χ3v) is 10.8. The van der Waals surface area contributed by atoms with Gasteiger partial charge in [-0.15, -0.1) is 0 Å². The molecule has 0 unspecified atom stereocenters. The Kier molecular flexibility index (Phi) is 8.44. The van der Waals surface area contributed by atoms with Crippen LogP contribution in [0.4, 0.5) is 14.5 Å². The van der Waals surface area contributed by atoms with Crippen molar-refractivity contribution >= 4 is 32.7 Å². The van der Waals surface area contributed by atoms with Crippen molar-refractivity contribution in [2.75, 3.05) is 13.1 Å². The van der Waals surface area contributed by atoms with Crippen molar-refractivity contribution in [2.45, 2.75) is 63.7 Å². The average molecular weight is 632 g/mol. The number of aromatic nitrogens is 3. The molecular weight excluding hydrogens is 596 g/mol. The van der Waals surface area contributed by atoms with Crippen LogP contribution in [-0.2, 0) is 21.2 Å². The van der Waals surface area contributed by atoms with Gasteiger partial charge in [0.05, 0.1) is 29.1 Å². The van der Waals surface area contributed by atoms with E-state index in [0.29, 0.717) is 18.8 Å². The molecular formula is C34H35F2N5O3S. The minimum absolute atomic E-state index is 0.0189. The van der Waals surface area contributed by atoms with E-state index in [1.165, 1.54) is 18.3 Å². The molecule has 1 amide bonds. The van der Waals surface area contributed by atoms with Crippen molar-refractivity contribution < 1.29 is 22.0 Å². The number of carbonyl (C=O) groups is 1. The largest absolute Gasteiger partial charge is 0.342 e. The van der Waals surface area contributed by atoms with Gasteiger partial charge in [0.15, 0.2) is 5.65 Å². The summed E-state index contributed by atoms with van der Waals surface area (Å²) in [5.74, 6) is -0.266. The number of amides is 1. The molecule has 0 radical (unpaired) electrons. The molecule has 1 saturated carbocycles. The van der Waals surface area contributed by atoms with Crippen LogP contribution in [0.2, 0.25) is 0 Å². The number of halogens is 2. The van der Waals surface area contributed by atoms with Crippen LogP contribution in [0.5, 0.6) is 0 Å². The molecule has 2 aliphatic rings. The number of hydrogen-bond acceptors (Lipinski definition) is 5. The van der Waals surface area contributed by atoms with Gasteiger partial charge in [-0.3, -0.25) is 9.78 Å². The van der Waals surface area contributed by atoms with Gasteiger partial charge < -0.3 is 4.90 Å². The summed E-state index contributed by atoms with van der Waals surface area (Å²) < 4.78 is 58.3. The lowest BCUT2D eigenvalue weighted by atomic mass is 9.77. The van der Waals surface area contributed by atoms with Crippen LogP contribution < -0.4 is 0 Å². The second kappa shape index (κ2) is 12.3. The van der Waals surface area contributed by atoms with Gasteiger partial charge >= 0.3 is 0 Å². The lowest BCUT2D eigenvalue weighted by molar-refractivity contribution is -0.131. The Labute approximate surface area is 262 Å². The number of benzene rings is 1. The fourth-order valence-corrected chi connectivity index (χ4v) is 8.10. The Morgan fingerprint density at radius 3 is 2.58 bits per heavy atom. The molecule has 1 saturated heterocycles. The molecule has 4 aromatic rings. The maximum Gasteiger partial charge on any atom is 0.269 e. The van der Waals surface area contributed by atoms with Crippen LogP contribution in [0.1, 0.15) is 56.7 Å². The summed E-state index contributed by atoms with van der Waals surface area (Å²) in [5, 5.41) is 0.146. The summed E-state index contributed by atoms with van der Waals surface area (Å²) in [6.45, 7) is 13.4. The van der Waals surface area contributed by atoms with Gasteiger partial charge in [-0.1, -0.05) is 37.5 Å². The number of likely N-dealkylation sites (tertiary alicyclic amines) is 1. The molecule has 0 bridgehead atoms. The molecule has 6 rings (SSSR count). The van der Waals surface area contributed by atoms with Gasteiger partial charge in [0.25, 0.3) is 10.0 Å². The highest BCUT2D eigenvalue weighted by Gasteiger charge is 2.30. The molecule has 234 valence electrons. The molecule has 3 atom stereocenters. The molecule has 0 N–H and O–H groups in total. The van der Waals surface area contributed by atoms with E-state index in [0.717, 1.165) is 73.1 Å². The molecule has 11 heteroatoms. The molecule has 0 spiro atoms. The van der Waals surface area contributed by atoms with E-state index < -0.39 is 21.7 Å². The quantitative estimate of drug-likeness (QED) is 0.204. The van der Waals surface area contributed by atoms with Gasteiger partial charge in [0, 0.05) is 36.7 Å². The van der Waals surface area contributed by atoms with E-state index in [1.54, 1.807) is 12.1 Å². The Morgan fingerprint density at radius 2 is 1.87 bits per heavy atom. The standard InChI is InChI=1S/C34H35F2N5O3S/c1-21-7-9-26(10-8-21)45(43,44)41-20-28(27-16-25(35)18-38-34(27)41)33-31(37-3)17-29(36)30(39-33)14-23-5-4-6-24(13-23)15-32(42)40-12-11-22(2)19-40/h7-10,16-18,20,22-24H,4-6,11-15,19H2,1-2H3/t22-,23-,24+/m0/s1. The fraction of sp³-hybridized carbons (Fsp3) is 0.412. The van der Waals surface area contributed by atoms with E-state index in [9.17, 15) is 17.6 Å². The number of aryl methyl sites for hydroxylation is 1. The molecule has 4 heterocycles. The lowest BCUT2D eigenvalue weighted by Gasteiger charge is -2.30. The van der Waals surface area contributed by atoms with E-state index in [-0.39, 0.29) is 56.3 Å². The summed E-state index contributed by atoms with van der Waals surface area (Å²) in [4.78, 5) is 27.1. The van der Waals surface area contributed by atoms with Crippen molar-refractivity contribution in [3.8, 4) is 11.3 Å².